The Bertz CT molecular complexity index is 713. The van der Waals surface area contributed by atoms with E-state index in [0.29, 0.717) is 18.4 Å². The van der Waals surface area contributed by atoms with Gasteiger partial charge in [0.1, 0.15) is 23.2 Å². The molecule has 108 valence electrons. The van der Waals surface area contributed by atoms with Gasteiger partial charge in [-0.3, -0.25) is 0 Å². The lowest BCUT2D eigenvalue weighted by Crippen LogP contribution is -2.05. The van der Waals surface area contributed by atoms with E-state index in [1.807, 2.05) is 13.8 Å². The quantitative estimate of drug-likeness (QED) is 0.854. The van der Waals surface area contributed by atoms with Crippen LogP contribution in [0, 0.1) is 17.1 Å². The zero-order valence-corrected chi connectivity index (χ0v) is 12.4. The number of hydrogen-bond donors (Lipinski definition) is 0. The first-order valence-corrected chi connectivity index (χ1v) is 6.89. The summed E-state index contributed by atoms with van der Waals surface area (Å²) < 4.78 is 18.6. The lowest BCUT2D eigenvalue weighted by Gasteiger charge is -2.11. The molecule has 0 aliphatic rings. The third-order valence-electron chi connectivity index (χ3n) is 3.03. The van der Waals surface area contributed by atoms with Crippen LogP contribution in [0.5, 0.6) is 11.6 Å². The Morgan fingerprint density at radius 2 is 2.05 bits per heavy atom. The van der Waals surface area contributed by atoms with E-state index < -0.39 is 5.82 Å². The van der Waals surface area contributed by atoms with Gasteiger partial charge in [0.25, 0.3) is 5.88 Å². The fraction of sp³-hybridized carbons (Fsp3) is 0.267. The van der Waals surface area contributed by atoms with Crippen molar-refractivity contribution in [2.24, 2.45) is 0 Å². The molecule has 0 aliphatic carbocycles. The average Bonchev–Trinajstić information content (AvgIpc) is 2.49. The number of ether oxygens (including phenoxy) is 1. The molecule has 1 heterocycles. The van der Waals surface area contributed by atoms with E-state index in [9.17, 15) is 9.65 Å². The molecule has 4 nitrogen and oxygen atoms in total. The van der Waals surface area contributed by atoms with Crippen molar-refractivity contribution in [3.63, 3.8) is 0 Å². The van der Waals surface area contributed by atoms with Crippen LogP contribution in [0.1, 0.15) is 30.7 Å². The highest BCUT2D eigenvalue weighted by Gasteiger charge is 2.17. The van der Waals surface area contributed by atoms with Crippen molar-refractivity contribution in [1.82, 2.24) is 10.2 Å². The maximum atomic E-state index is 13.0. The molecule has 1 aromatic carbocycles. The van der Waals surface area contributed by atoms with Gasteiger partial charge in [-0.05, 0) is 36.6 Å². The lowest BCUT2D eigenvalue weighted by atomic mass is 10.0. The molecular weight excluding hydrogens is 293 g/mol. The lowest BCUT2D eigenvalue weighted by molar-refractivity contribution is 0.449. The summed E-state index contributed by atoms with van der Waals surface area (Å²) in [4.78, 5) is 0. The summed E-state index contributed by atoms with van der Waals surface area (Å²) in [6, 6.07) is 5.85. The van der Waals surface area contributed by atoms with Gasteiger partial charge >= 0.3 is 0 Å². The molecule has 0 radical (unpaired) electrons. The van der Waals surface area contributed by atoms with Crippen LogP contribution in [-0.4, -0.2) is 10.2 Å². The molecular formula is C15H13ClFN3O. The fourth-order valence-corrected chi connectivity index (χ4v) is 2.21. The van der Waals surface area contributed by atoms with Crippen LogP contribution in [-0.2, 0) is 12.8 Å². The normalized spacial score (nSPS) is 10.2. The van der Waals surface area contributed by atoms with E-state index in [2.05, 4.69) is 16.3 Å². The van der Waals surface area contributed by atoms with Crippen molar-refractivity contribution < 1.29 is 9.13 Å². The smallest absolute Gasteiger partial charge is 0.257 e. The van der Waals surface area contributed by atoms with Gasteiger partial charge in [0.05, 0.1) is 10.7 Å². The summed E-state index contributed by atoms with van der Waals surface area (Å²) in [6.07, 6.45) is 1.33. The number of rotatable bonds is 4. The number of nitriles is 1. The second-order valence-corrected chi connectivity index (χ2v) is 4.71. The first-order valence-electron chi connectivity index (χ1n) is 6.52. The Morgan fingerprint density at radius 3 is 2.62 bits per heavy atom. The molecule has 0 aliphatic heterocycles. The van der Waals surface area contributed by atoms with Crippen molar-refractivity contribution in [3.05, 3.63) is 45.9 Å². The van der Waals surface area contributed by atoms with Gasteiger partial charge in [-0.15, -0.1) is 5.10 Å². The number of benzene rings is 1. The maximum Gasteiger partial charge on any atom is 0.257 e. The molecule has 0 spiro atoms. The van der Waals surface area contributed by atoms with Crippen LogP contribution in [0.25, 0.3) is 0 Å². The number of nitrogens with zero attached hydrogens (tertiary/aromatic N) is 3. The third kappa shape index (κ3) is 3.11. The van der Waals surface area contributed by atoms with E-state index >= 15 is 0 Å². The van der Waals surface area contributed by atoms with E-state index in [4.69, 9.17) is 16.3 Å². The Labute approximate surface area is 127 Å². The van der Waals surface area contributed by atoms with E-state index in [0.717, 1.165) is 17.3 Å². The summed E-state index contributed by atoms with van der Waals surface area (Å²) >= 11 is 5.91. The third-order valence-corrected chi connectivity index (χ3v) is 3.32. The highest BCUT2D eigenvalue weighted by Crippen LogP contribution is 2.31. The zero-order valence-electron chi connectivity index (χ0n) is 11.7. The van der Waals surface area contributed by atoms with Crippen molar-refractivity contribution in [2.75, 3.05) is 0 Å². The first kappa shape index (κ1) is 15.2. The molecule has 2 rings (SSSR count). The molecule has 0 N–H and O–H groups in total. The second kappa shape index (κ2) is 6.51. The summed E-state index contributed by atoms with van der Waals surface area (Å²) in [5.41, 5.74) is 1.92. The van der Waals surface area contributed by atoms with Crippen LogP contribution in [0.2, 0.25) is 5.02 Å². The minimum absolute atomic E-state index is 0.0834. The number of aromatic nitrogens is 2. The van der Waals surface area contributed by atoms with Gasteiger partial charge < -0.3 is 4.74 Å². The standard InChI is InChI=1S/C15H13ClFN3O/c1-3-10-11(8-18)15(20-19-13(10)4-2)21-14-6-5-9(17)7-12(14)16/h5-7H,3-4H2,1-2H3. The summed E-state index contributed by atoms with van der Waals surface area (Å²) in [7, 11) is 0. The minimum atomic E-state index is -0.463. The first-order chi connectivity index (χ1) is 10.1. The monoisotopic (exact) mass is 305 g/mol. The van der Waals surface area contributed by atoms with Crippen LogP contribution in [0.15, 0.2) is 18.2 Å². The van der Waals surface area contributed by atoms with Crippen LogP contribution >= 0.6 is 11.6 Å². The molecule has 0 saturated heterocycles. The molecule has 1 aromatic heterocycles. The Balaban J connectivity index is 2.47. The molecule has 0 fully saturated rings. The summed E-state index contributed by atoms with van der Waals surface area (Å²) in [5.74, 6) is -0.148. The number of aryl methyl sites for hydroxylation is 1. The topological polar surface area (TPSA) is 58.8 Å². The predicted molar refractivity (Wildman–Crippen MR) is 77.0 cm³/mol. The average molecular weight is 306 g/mol. The van der Waals surface area contributed by atoms with Gasteiger partial charge in [-0.1, -0.05) is 25.4 Å². The second-order valence-electron chi connectivity index (χ2n) is 4.30. The minimum Gasteiger partial charge on any atom is -0.435 e. The SMILES string of the molecule is CCc1nnc(Oc2ccc(F)cc2Cl)c(C#N)c1CC. The highest BCUT2D eigenvalue weighted by molar-refractivity contribution is 6.32. The Morgan fingerprint density at radius 1 is 1.29 bits per heavy atom. The van der Waals surface area contributed by atoms with Crippen LogP contribution in [0.4, 0.5) is 4.39 Å². The molecule has 0 atom stereocenters. The van der Waals surface area contributed by atoms with Gasteiger partial charge in [-0.25, -0.2) is 4.39 Å². The number of halogens is 2. The summed E-state index contributed by atoms with van der Waals surface area (Å²) in [5, 5.41) is 17.5. The van der Waals surface area contributed by atoms with Crippen molar-refractivity contribution in [3.8, 4) is 17.7 Å². The largest absolute Gasteiger partial charge is 0.435 e. The molecule has 0 saturated carbocycles. The number of hydrogen-bond acceptors (Lipinski definition) is 4. The predicted octanol–water partition coefficient (Wildman–Crippen LogP) is 4.06. The van der Waals surface area contributed by atoms with Crippen molar-refractivity contribution in [2.45, 2.75) is 26.7 Å². The van der Waals surface area contributed by atoms with E-state index in [1.54, 1.807) is 0 Å². The molecule has 21 heavy (non-hydrogen) atoms. The fourth-order valence-electron chi connectivity index (χ4n) is 2.00. The summed E-state index contributed by atoms with van der Waals surface area (Å²) in [6.45, 7) is 3.88. The van der Waals surface area contributed by atoms with Crippen LogP contribution < -0.4 is 4.74 Å². The highest BCUT2D eigenvalue weighted by atomic mass is 35.5. The van der Waals surface area contributed by atoms with E-state index in [1.165, 1.54) is 12.1 Å². The van der Waals surface area contributed by atoms with Crippen LogP contribution in [0.3, 0.4) is 0 Å². The van der Waals surface area contributed by atoms with Gasteiger partial charge in [0.15, 0.2) is 0 Å². The van der Waals surface area contributed by atoms with Gasteiger partial charge in [0, 0.05) is 0 Å². The van der Waals surface area contributed by atoms with Gasteiger partial charge in [-0.2, -0.15) is 10.4 Å². The van der Waals surface area contributed by atoms with Crippen molar-refractivity contribution >= 4 is 11.6 Å². The Hall–Kier alpha value is -2.19. The zero-order chi connectivity index (χ0) is 15.4. The Kier molecular flexibility index (Phi) is 4.71. The molecule has 6 heteroatoms. The maximum absolute atomic E-state index is 13.0. The van der Waals surface area contributed by atoms with E-state index in [-0.39, 0.29) is 16.7 Å². The molecule has 0 amide bonds. The molecule has 2 aromatic rings. The van der Waals surface area contributed by atoms with Gasteiger partial charge in [0.2, 0.25) is 0 Å². The molecule has 0 bridgehead atoms. The van der Waals surface area contributed by atoms with Crippen molar-refractivity contribution in [1.29, 1.82) is 5.26 Å². The molecule has 0 unspecified atom stereocenters.